The van der Waals surface area contributed by atoms with Crippen molar-refractivity contribution in [3.8, 4) is 0 Å². The number of hydrogen-bond acceptors (Lipinski definition) is 5. The second-order valence-corrected chi connectivity index (χ2v) is 5.63. The van der Waals surface area contributed by atoms with E-state index in [1.807, 2.05) is 30.1 Å². The highest BCUT2D eigenvalue weighted by molar-refractivity contribution is 9.10. The van der Waals surface area contributed by atoms with Gasteiger partial charge < -0.3 is 20.5 Å². The van der Waals surface area contributed by atoms with Gasteiger partial charge in [0.05, 0.1) is 35.8 Å². The molecule has 0 bridgehead atoms. The maximum atomic E-state index is 9.87. The zero-order valence-corrected chi connectivity index (χ0v) is 13.1. The number of nitrogens with two attached hydrogens (primary N) is 1. The summed E-state index contributed by atoms with van der Waals surface area (Å²) in [6.45, 7) is 0.723. The summed E-state index contributed by atoms with van der Waals surface area (Å²) in [6.07, 6.45) is 1.07. The third-order valence-electron chi connectivity index (χ3n) is 3.06. The fourth-order valence-electron chi connectivity index (χ4n) is 2.24. The van der Waals surface area contributed by atoms with Crippen LogP contribution in [0.2, 0.25) is 0 Å². The van der Waals surface area contributed by atoms with Crippen LogP contribution in [-0.4, -0.2) is 43.5 Å². The number of fused-ring (bicyclic) bond motifs is 1. The number of benzene rings is 1. The van der Waals surface area contributed by atoms with Crippen LogP contribution in [0.5, 0.6) is 0 Å². The van der Waals surface area contributed by atoms with Crippen LogP contribution in [0.3, 0.4) is 0 Å². The number of aliphatic hydroxyl groups excluding tert-OH is 1. The summed E-state index contributed by atoms with van der Waals surface area (Å²) in [4.78, 5) is 6.25. The minimum Gasteiger partial charge on any atom is -0.396 e. The van der Waals surface area contributed by atoms with Gasteiger partial charge in [-0.25, -0.2) is 0 Å². The molecule has 0 fully saturated rings. The van der Waals surface area contributed by atoms with Crippen LogP contribution in [0, 0.1) is 0 Å². The van der Waals surface area contributed by atoms with Crippen LogP contribution in [0.25, 0.3) is 10.9 Å². The van der Waals surface area contributed by atoms with Crippen molar-refractivity contribution in [3.63, 3.8) is 0 Å². The highest BCUT2D eigenvalue weighted by atomic mass is 79.9. The summed E-state index contributed by atoms with van der Waals surface area (Å²) in [5, 5.41) is 10.8. The zero-order valence-electron chi connectivity index (χ0n) is 11.5. The SMILES string of the molecule is COCC(O)CN(C)c1c(N)cnc2ccc(Br)cc12. The Morgan fingerprint density at radius 3 is 2.95 bits per heavy atom. The van der Waals surface area contributed by atoms with Gasteiger partial charge in [0.2, 0.25) is 0 Å². The molecule has 3 N–H and O–H groups in total. The first kappa shape index (κ1) is 15.0. The molecule has 6 heteroatoms. The van der Waals surface area contributed by atoms with Gasteiger partial charge in [-0.3, -0.25) is 4.98 Å². The van der Waals surface area contributed by atoms with E-state index in [1.54, 1.807) is 13.3 Å². The molecule has 2 rings (SSSR count). The topological polar surface area (TPSA) is 71.6 Å². The first-order valence-corrected chi connectivity index (χ1v) is 7.04. The van der Waals surface area contributed by atoms with Gasteiger partial charge in [0.1, 0.15) is 0 Å². The highest BCUT2D eigenvalue weighted by Crippen LogP contribution is 2.32. The number of nitrogen functional groups attached to an aromatic ring is 1. The number of methoxy groups -OCH3 is 1. The van der Waals surface area contributed by atoms with Gasteiger partial charge in [0, 0.05) is 30.6 Å². The average molecular weight is 340 g/mol. The molecular weight excluding hydrogens is 322 g/mol. The van der Waals surface area contributed by atoms with Gasteiger partial charge in [0.15, 0.2) is 0 Å². The van der Waals surface area contributed by atoms with Crippen LogP contribution in [0.1, 0.15) is 0 Å². The molecule has 5 nitrogen and oxygen atoms in total. The Balaban J connectivity index is 2.41. The Morgan fingerprint density at radius 1 is 1.50 bits per heavy atom. The number of anilines is 2. The second-order valence-electron chi connectivity index (χ2n) is 4.71. The largest absolute Gasteiger partial charge is 0.396 e. The van der Waals surface area contributed by atoms with Gasteiger partial charge in [0.25, 0.3) is 0 Å². The molecule has 2 aromatic rings. The van der Waals surface area contributed by atoms with E-state index in [9.17, 15) is 5.11 Å². The lowest BCUT2D eigenvalue weighted by Gasteiger charge is -2.25. The van der Waals surface area contributed by atoms with Crippen molar-refractivity contribution in [3.05, 3.63) is 28.9 Å². The maximum Gasteiger partial charge on any atom is 0.0947 e. The molecule has 0 radical (unpaired) electrons. The molecule has 1 atom stereocenters. The maximum absolute atomic E-state index is 9.87. The van der Waals surface area contributed by atoms with Crippen molar-refractivity contribution in [2.24, 2.45) is 0 Å². The van der Waals surface area contributed by atoms with Gasteiger partial charge in [-0.05, 0) is 18.2 Å². The van der Waals surface area contributed by atoms with Crippen molar-refractivity contribution in [2.75, 3.05) is 37.9 Å². The first-order valence-electron chi connectivity index (χ1n) is 6.24. The molecule has 20 heavy (non-hydrogen) atoms. The minimum absolute atomic E-state index is 0.289. The zero-order chi connectivity index (χ0) is 14.7. The van der Waals surface area contributed by atoms with Crippen molar-refractivity contribution >= 4 is 38.2 Å². The van der Waals surface area contributed by atoms with Gasteiger partial charge in [-0.1, -0.05) is 15.9 Å². The van der Waals surface area contributed by atoms with E-state index in [0.717, 1.165) is 21.1 Å². The molecule has 0 aliphatic heterocycles. The number of ether oxygens (including phenoxy) is 1. The fourth-order valence-corrected chi connectivity index (χ4v) is 2.61. The Kier molecular flexibility index (Phi) is 4.80. The summed E-state index contributed by atoms with van der Waals surface area (Å²) in [7, 11) is 3.46. The fraction of sp³-hybridized carbons (Fsp3) is 0.357. The third-order valence-corrected chi connectivity index (χ3v) is 3.55. The number of aromatic nitrogens is 1. The van der Waals surface area contributed by atoms with E-state index in [2.05, 4.69) is 20.9 Å². The minimum atomic E-state index is -0.570. The molecule has 1 unspecified atom stereocenters. The summed E-state index contributed by atoms with van der Waals surface area (Å²) in [5.41, 5.74) is 8.37. The molecular formula is C14H18BrN3O2. The Hall–Kier alpha value is -1.37. The first-order chi connectivity index (χ1) is 9.52. The van der Waals surface area contributed by atoms with Gasteiger partial charge in [-0.2, -0.15) is 0 Å². The lowest BCUT2D eigenvalue weighted by molar-refractivity contribution is 0.0695. The summed E-state index contributed by atoms with van der Waals surface area (Å²) in [6, 6.07) is 5.85. The molecule has 0 amide bonds. The van der Waals surface area contributed by atoms with Gasteiger partial charge in [-0.15, -0.1) is 0 Å². The molecule has 0 saturated carbocycles. The molecule has 1 aromatic heterocycles. The van der Waals surface area contributed by atoms with Crippen LogP contribution >= 0.6 is 15.9 Å². The van der Waals surface area contributed by atoms with Gasteiger partial charge >= 0.3 is 0 Å². The number of nitrogens with zero attached hydrogens (tertiary/aromatic N) is 2. The van der Waals surface area contributed by atoms with E-state index in [4.69, 9.17) is 10.5 Å². The van der Waals surface area contributed by atoms with E-state index in [0.29, 0.717) is 12.2 Å². The van der Waals surface area contributed by atoms with Crippen LogP contribution in [0.4, 0.5) is 11.4 Å². The Morgan fingerprint density at radius 2 is 2.25 bits per heavy atom. The van der Waals surface area contributed by atoms with Crippen molar-refractivity contribution in [1.82, 2.24) is 4.98 Å². The molecule has 0 spiro atoms. The number of hydrogen-bond donors (Lipinski definition) is 2. The average Bonchev–Trinajstić information content (AvgIpc) is 2.38. The van der Waals surface area contributed by atoms with Crippen LogP contribution in [-0.2, 0) is 4.74 Å². The van der Waals surface area contributed by atoms with E-state index >= 15 is 0 Å². The molecule has 0 aliphatic carbocycles. The highest BCUT2D eigenvalue weighted by Gasteiger charge is 2.15. The molecule has 1 aromatic carbocycles. The third kappa shape index (κ3) is 3.20. The van der Waals surface area contributed by atoms with E-state index in [1.165, 1.54) is 0 Å². The summed E-state index contributed by atoms with van der Waals surface area (Å²) < 4.78 is 5.91. The Labute approximate surface area is 126 Å². The lowest BCUT2D eigenvalue weighted by Crippen LogP contribution is -2.32. The van der Waals surface area contributed by atoms with E-state index in [-0.39, 0.29) is 6.61 Å². The number of aliphatic hydroxyl groups is 1. The predicted molar refractivity (Wildman–Crippen MR) is 85.0 cm³/mol. The lowest BCUT2D eigenvalue weighted by atomic mass is 10.1. The number of pyridine rings is 1. The second kappa shape index (κ2) is 6.39. The van der Waals surface area contributed by atoms with Crippen LogP contribution in [0.15, 0.2) is 28.9 Å². The van der Waals surface area contributed by atoms with Crippen molar-refractivity contribution in [1.29, 1.82) is 0 Å². The number of halogens is 1. The predicted octanol–water partition coefficient (Wildman–Crippen LogP) is 2.02. The monoisotopic (exact) mass is 339 g/mol. The molecule has 1 heterocycles. The molecule has 0 aliphatic rings. The summed E-state index contributed by atoms with van der Waals surface area (Å²) >= 11 is 3.46. The van der Waals surface area contributed by atoms with Crippen molar-refractivity contribution < 1.29 is 9.84 Å². The van der Waals surface area contributed by atoms with E-state index < -0.39 is 6.10 Å². The quantitative estimate of drug-likeness (QED) is 0.871. The normalized spacial score (nSPS) is 12.6. The van der Waals surface area contributed by atoms with Crippen molar-refractivity contribution in [2.45, 2.75) is 6.10 Å². The smallest absolute Gasteiger partial charge is 0.0947 e. The molecule has 108 valence electrons. The van der Waals surface area contributed by atoms with Crippen LogP contribution < -0.4 is 10.6 Å². The number of likely N-dealkylation sites (N-methyl/N-ethyl adjacent to an activating group) is 1. The Bertz CT molecular complexity index is 601. The standard InChI is InChI=1S/C14H18BrN3O2/c1-18(7-10(19)8-20-2)14-11-5-9(15)3-4-13(11)17-6-12(14)16/h3-6,10,19H,7-8,16H2,1-2H3. The number of rotatable bonds is 5. The summed E-state index contributed by atoms with van der Waals surface area (Å²) in [5.74, 6) is 0. The molecule has 0 saturated heterocycles.